The van der Waals surface area contributed by atoms with Crippen molar-refractivity contribution in [3.63, 3.8) is 0 Å². The number of morpholine rings is 1. The van der Waals surface area contributed by atoms with Gasteiger partial charge in [0.2, 0.25) is 0 Å². The van der Waals surface area contributed by atoms with E-state index in [1.807, 2.05) is 18.3 Å². The lowest BCUT2D eigenvalue weighted by Crippen LogP contribution is -2.47. The molecule has 3 aromatic rings. The molecule has 0 saturated carbocycles. The lowest BCUT2D eigenvalue weighted by Gasteiger charge is -2.36. The maximum atomic E-state index is 5.50. The molecule has 0 bridgehead atoms. The van der Waals surface area contributed by atoms with Gasteiger partial charge in [0.25, 0.3) is 0 Å². The highest BCUT2D eigenvalue weighted by atomic mass is 16.5. The molecule has 2 saturated heterocycles. The lowest BCUT2D eigenvalue weighted by molar-refractivity contribution is 0.122. The van der Waals surface area contributed by atoms with Crippen LogP contribution in [0.5, 0.6) is 0 Å². The lowest BCUT2D eigenvalue weighted by atomic mass is 10.2. The van der Waals surface area contributed by atoms with Crippen molar-refractivity contribution in [3.8, 4) is 0 Å². The van der Waals surface area contributed by atoms with Crippen LogP contribution in [0, 0.1) is 0 Å². The van der Waals surface area contributed by atoms with E-state index in [4.69, 9.17) is 9.15 Å². The van der Waals surface area contributed by atoms with Crippen molar-refractivity contribution >= 4 is 28.4 Å². The number of fused-ring (bicyclic) bond motifs is 1. The molecule has 2 fully saturated rings. The Labute approximate surface area is 157 Å². The highest BCUT2D eigenvalue weighted by molar-refractivity contribution is 5.88. The van der Waals surface area contributed by atoms with Gasteiger partial charge in [-0.2, -0.15) is 0 Å². The maximum absolute atomic E-state index is 5.50. The van der Waals surface area contributed by atoms with E-state index >= 15 is 0 Å². The molecule has 0 atom stereocenters. The van der Waals surface area contributed by atoms with Gasteiger partial charge < -0.3 is 23.9 Å². The summed E-state index contributed by atoms with van der Waals surface area (Å²) in [6, 6.07) is 5.99. The van der Waals surface area contributed by atoms with E-state index in [1.165, 1.54) is 0 Å². The minimum absolute atomic E-state index is 0.755. The highest BCUT2D eigenvalue weighted by Gasteiger charge is 2.22. The predicted octanol–water partition coefficient (Wildman–Crippen LogP) is 1.78. The first-order valence-electron chi connectivity index (χ1n) is 9.35. The van der Waals surface area contributed by atoms with Crippen LogP contribution in [0.15, 0.2) is 41.4 Å². The van der Waals surface area contributed by atoms with E-state index in [9.17, 15) is 0 Å². The summed E-state index contributed by atoms with van der Waals surface area (Å²) in [6.07, 6.45) is 5.20. The summed E-state index contributed by atoms with van der Waals surface area (Å²) in [7, 11) is 0. The van der Waals surface area contributed by atoms with E-state index in [0.29, 0.717) is 0 Å². The second-order valence-corrected chi connectivity index (χ2v) is 6.77. The molecule has 0 aromatic carbocycles. The van der Waals surface area contributed by atoms with Gasteiger partial charge in [0.05, 0.1) is 24.9 Å². The number of hydrogen-bond acceptors (Lipinski definition) is 8. The van der Waals surface area contributed by atoms with Gasteiger partial charge in [-0.1, -0.05) is 0 Å². The minimum Gasteiger partial charge on any atom is -0.464 e. The fourth-order valence-corrected chi connectivity index (χ4v) is 3.75. The largest absolute Gasteiger partial charge is 0.464 e. The Morgan fingerprint density at radius 3 is 2.26 bits per heavy atom. The number of piperazine rings is 1. The first kappa shape index (κ1) is 16.3. The number of furan rings is 1. The van der Waals surface area contributed by atoms with E-state index in [-0.39, 0.29) is 0 Å². The van der Waals surface area contributed by atoms with Crippen LogP contribution < -0.4 is 14.7 Å². The number of rotatable bonds is 3. The quantitative estimate of drug-likeness (QED) is 0.695. The van der Waals surface area contributed by atoms with Crippen LogP contribution in [0.4, 0.5) is 17.5 Å². The third-order valence-corrected chi connectivity index (χ3v) is 5.24. The normalized spacial score (nSPS) is 18.3. The van der Waals surface area contributed by atoms with Gasteiger partial charge >= 0.3 is 0 Å². The number of nitrogens with zero attached hydrogens (tertiary/aromatic N) is 6. The molecule has 0 spiro atoms. The smallest absolute Gasteiger partial charge is 0.139 e. The second kappa shape index (κ2) is 7.03. The number of anilines is 3. The summed E-state index contributed by atoms with van der Waals surface area (Å²) >= 11 is 0. The molecule has 8 nitrogen and oxygen atoms in total. The van der Waals surface area contributed by atoms with Gasteiger partial charge in [0.1, 0.15) is 29.4 Å². The van der Waals surface area contributed by atoms with Crippen molar-refractivity contribution in [1.82, 2.24) is 15.0 Å². The van der Waals surface area contributed by atoms with E-state index in [1.54, 1.807) is 12.6 Å². The molecule has 0 N–H and O–H groups in total. The van der Waals surface area contributed by atoms with Crippen molar-refractivity contribution in [2.45, 2.75) is 0 Å². The summed E-state index contributed by atoms with van der Waals surface area (Å²) in [5, 5.41) is 1.07. The van der Waals surface area contributed by atoms with E-state index in [2.05, 4.69) is 35.7 Å². The molecular formula is C19H22N6O2. The maximum Gasteiger partial charge on any atom is 0.139 e. The number of ether oxygens (including phenoxy) is 1. The Morgan fingerprint density at radius 1 is 0.778 bits per heavy atom. The molecule has 2 aliphatic heterocycles. The zero-order valence-electron chi connectivity index (χ0n) is 15.1. The van der Waals surface area contributed by atoms with Crippen LogP contribution in [-0.4, -0.2) is 67.4 Å². The van der Waals surface area contributed by atoms with Crippen LogP contribution in [0.25, 0.3) is 11.0 Å². The van der Waals surface area contributed by atoms with Gasteiger partial charge in [0.15, 0.2) is 0 Å². The standard InChI is InChI=1S/C19H22N6O2/c1-3-20-19(15-2-10-27-16(1)15)25-6-4-23(5-7-25)17-13-18(22-14-21-17)24-8-11-26-12-9-24/h1-3,10,13-14H,4-9,11-12H2. The minimum atomic E-state index is 0.755. The molecule has 0 aliphatic carbocycles. The average molecular weight is 366 g/mol. The van der Waals surface area contributed by atoms with Crippen LogP contribution in [-0.2, 0) is 4.74 Å². The molecular weight excluding hydrogens is 344 g/mol. The SMILES string of the molecule is c1nc(N2CCOCC2)cc(N2CCN(c3nccc4occc34)CC2)n1. The van der Waals surface area contributed by atoms with Crippen LogP contribution in [0.3, 0.4) is 0 Å². The third-order valence-electron chi connectivity index (χ3n) is 5.24. The van der Waals surface area contributed by atoms with Gasteiger partial charge in [-0.25, -0.2) is 15.0 Å². The monoisotopic (exact) mass is 366 g/mol. The van der Waals surface area contributed by atoms with Crippen molar-refractivity contribution in [2.24, 2.45) is 0 Å². The highest BCUT2D eigenvalue weighted by Crippen LogP contribution is 2.27. The average Bonchev–Trinajstić information content (AvgIpc) is 3.24. The predicted molar refractivity (Wildman–Crippen MR) is 103 cm³/mol. The number of aromatic nitrogens is 3. The molecule has 3 aromatic heterocycles. The molecule has 8 heteroatoms. The molecule has 140 valence electrons. The topological polar surface area (TPSA) is 70.8 Å². The first-order valence-corrected chi connectivity index (χ1v) is 9.35. The first-order chi connectivity index (χ1) is 13.4. The van der Waals surface area contributed by atoms with Crippen LogP contribution in [0.1, 0.15) is 0 Å². The molecule has 27 heavy (non-hydrogen) atoms. The van der Waals surface area contributed by atoms with E-state index in [0.717, 1.165) is 80.9 Å². The fourth-order valence-electron chi connectivity index (χ4n) is 3.75. The molecule has 0 radical (unpaired) electrons. The zero-order chi connectivity index (χ0) is 18.1. The second-order valence-electron chi connectivity index (χ2n) is 6.77. The summed E-state index contributed by atoms with van der Waals surface area (Å²) in [5.74, 6) is 2.97. The zero-order valence-corrected chi connectivity index (χ0v) is 15.1. The Balaban J connectivity index is 1.30. The van der Waals surface area contributed by atoms with E-state index < -0.39 is 0 Å². The van der Waals surface area contributed by atoms with Crippen LogP contribution >= 0.6 is 0 Å². The number of hydrogen-bond donors (Lipinski definition) is 0. The number of pyridine rings is 1. The third kappa shape index (κ3) is 3.16. The Morgan fingerprint density at radius 2 is 1.48 bits per heavy atom. The summed E-state index contributed by atoms with van der Waals surface area (Å²) < 4.78 is 10.9. The molecule has 0 unspecified atom stereocenters. The van der Waals surface area contributed by atoms with Crippen molar-refractivity contribution < 1.29 is 9.15 Å². The summed E-state index contributed by atoms with van der Waals surface area (Å²) in [6.45, 7) is 6.86. The Kier molecular flexibility index (Phi) is 4.25. The molecule has 5 heterocycles. The summed E-state index contributed by atoms with van der Waals surface area (Å²) in [5.41, 5.74) is 0.883. The fraction of sp³-hybridized carbons (Fsp3) is 0.421. The molecule has 5 rings (SSSR count). The van der Waals surface area contributed by atoms with Gasteiger partial charge in [-0.05, 0) is 12.1 Å². The Bertz CT molecular complexity index is 915. The Hall–Kier alpha value is -2.87. The molecule has 2 aliphatic rings. The van der Waals surface area contributed by atoms with Crippen molar-refractivity contribution in [2.75, 3.05) is 67.2 Å². The van der Waals surface area contributed by atoms with Gasteiger partial charge in [-0.15, -0.1) is 0 Å². The van der Waals surface area contributed by atoms with Gasteiger partial charge in [0, 0.05) is 51.5 Å². The molecule has 0 amide bonds. The van der Waals surface area contributed by atoms with Crippen molar-refractivity contribution in [1.29, 1.82) is 0 Å². The van der Waals surface area contributed by atoms with Crippen LogP contribution in [0.2, 0.25) is 0 Å². The summed E-state index contributed by atoms with van der Waals surface area (Å²) in [4.78, 5) is 20.4. The van der Waals surface area contributed by atoms with Gasteiger partial charge in [-0.3, -0.25) is 0 Å². The van der Waals surface area contributed by atoms with Crippen molar-refractivity contribution in [3.05, 3.63) is 37.0 Å².